The van der Waals surface area contributed by atoms with E-state index in [9.17, 15) is 0 Å². The third-order valence-corrected chi connectivity index (χ3v) is 4.91. The molecule has 0 unspecified atom stereocenters. The van der Waals surface area contributed by atoms with Crippen LogP contribution in [-0.2, 0) is 6.54 Å². The van der Waals surface area contributed by atoms with Gasteiger partial charge in [0.1, 0.15) is 5.01 Å². The van der Waals surface area contributed by atoms with Crippen molar-refractivity contribution in [3.8, 4) is 0 Å². The summed E-state index contributed by atoms with van der Waals surface area (Å²) in [5, 5.41) is 4.52. The molecule has 0 aliphatic carbocycles. The lowest BCUT2D eigenvalue weighted by Gasteiger charge is -2.32. The Morgan fingerprint density at radius 3 is 2.57 bits per heavy atom. The van der Waals surface area contributed by atoms with Crippen molar-refractivity contribution in [1.29, 1.82) is 0 Å². The van der Waals surface area contributed by atoms with Gasteiger partial charge in [0.15, 0.2) is 5.96 Å². The Hall–Kier alpha value is -0.370. The van der Waals surface area contributed by atoms with E-state index in [0.29, 0.717) is 6.54 Å². The molecule has 6 heteroatoms. The zero-order chi connectivity index (χ0) is 14.5. The Bertz CT molecular complexity index is 445. The quantitative estimate of drug-likeness (QED) is 0.460. The van der Waals surface area contributed by atoms with Gasteiger partial charge in [0.25, 0.3) is 0 Å². The molecule has 0 spiro atoms. The Morgan fingerprint density at radius 1 is 1.38 bits per heavy atom. The van der Waals surface area contributed by atoms with Crippen molar-refractivity contribution in [2.45, 2.75) is 47.1 Å². The van der Waals surface area contributed by atoms with Crippen LogP contribution in [0.2, 0.25) is 0 Å². The second-order valence-corrected chi connectivity index (χ2v) is 6.88. The minimum Gasteiger partial charge on any atom is -0.357 e. The summed E-state index contributed by atoms with van der Waals surface area (Å²) < 4.78 is 0. The zero-order valence-electron chi connectivity index (χ0n) is 13.5. The van der Waals surface area contributed by atoms with Crippen LogP contribution in [0, 0.1) is 19.8 Å². The van der Waals surface area contributed by atoms with Crippen molar-refractivity contribution in [3.05, 3.63) is 15.6 Å². The highest BCUT2D eigenvalue weighted by molar-refractivity contribution is 14.0. The summed E-state index contributed by atoms with van der Waals surface area (Å²) in [5.41, 5.74) is 1.14. The fourth-order valence-corrected chi connectivity index (χ4v) is 3.25. The van der Waals surface area contributed by atoms with Gasteiger partial charge >= 0.3 is 0 Å². The van der Waals surface area contributed by atoms with Gasteiger partial charge in [-0.05, 0) is 39.5 Å². The number of hydrogen-bond donors (Lipinski definition) is 1. The van der Waals surface area contributed by atoms with Gasteiger partial charge in [0, 0.05) is 24.5 Å². The molecule has 21 heavy (non-hydrogen) atoms. The van der Waals surface area contributed by atoms with Gasteiger partial charge in [-0.2, -0.15) is 0 Å². The molecular formula is C15H27IN4S. The number of aryl methyl sites for hydroxylation is 2. The van der Waals surface area contributed by atoms with Crippen LogP contribution in [0.15, 0.2) is 4.99 Å². The van der Waals surface area contributed by atoms with Crippen LogP contribution in [0.1, 0.15) is 42.3 Å². The first-order chi connectivity index (χ1) is 9.60. The average Bonchev–Trinajstić information content (AvgIpc) is 2.75. The monoisotopic (exact) mass is 422 g/mol. The smallest absolute Gasteiger partial charge is 0.194 e. The molecular weight excluding hydrogens is 395 g/mol. The Morgan fingerprint density at radius 2 is 2.05 bits per heavy atom. The molecule has 0 atom stereocenters. The van der Waals surface area contributed by atoms with Crippen LogP contribution in [0.4, 0.5) is 0 Å². The summed E-state index contributed by atoms with van der Waals surface area (Å²) in [6.07, 6.45) is 2.53. The summed E-state index contributed by atoms with van der Waals surface area (Å²) >= 11 is 1.76. The summed E-state index contributed by atoms with van der Waals surface area (Å²) in [4.78, 5) is 13.0. The number of guanidine groups is 1. The number of hydrogen-bond acceptors (Lipinski definition) is 3. The molecule has 2 heterocycles. The molecule has 0 aromatic carbocycles. The van der Waals surface area contributed by atoms with Gasteiger partial charge in [-0.3, -0.25) is 0 Å². The highest BCUT2D eigenvalue weighted by atomic mass is 127. The number of halogens is 1. The Balaban J connectivity index is 0.00000220. The lowest BCUT2D eigenvalue weighted by atomic mass is 10.00. The zero-order valence-corrected chi connectivity index (χ0v) is 16.6. The molecule has 1 aromatic heterocycles. The third-order valence-electron chi connectivity index (χ3n) is 3.85. The molecule has 1 aromatic rings. The number of nitrogens with one attached hydrogen (secondary N) is 1. The average molecular weight is 422 g/mol. The number of aliphatic imine (C=N–C) groups is 1. The van der Waals surface area contributed by atoms with Crippen molar-refractivity contribution in [1.82, 2.24) is 15.2 Å². The summed E-state index contributed by atoms with van der Waals surface area (Å²) in [6, 6.07) is 0. The fourth-order valence-electron chi connectivity index (χ4n) is 2.40. The third kappa shape index (κ3) is 5.39. The van der Waals surface area contributed by atoms with Crippen molar-refractivity contribution >= 4 is 41.3 Å². The maximum absolute atomic E-state index is 4.77. The predicted molar refractivity (Wildman–Crippen MR) is 102 cm³/mol. The maximum Gasteiger partial charge on any atom is 0.194 e. The van der Waals surface area contributed by atoms with Crippen molar-refractivity contribution in [2.24, 2.45) is 10.9 Å². The molecule has 1 aliphatic rings. The molecule has 1 fully saturated rings. The molecule has 0 amide bonds. The van der Waals surface area contributed by atoms with E-state index >= 15 is 0 Å². The summed E-state index contributed by atoms with van der Waals surface area (Å²) in [6.45, 7) is 12.5. The van der Waals surface area contributed by atoms with Crippen LogP contribution >= 0.6 is 35.3 Å². The first kappa shape index (κ1) is 18.7. The second-order valence-electron chi connectivity index (χ2n) is 5.59. The van der Waals surface area contributed by atoms with E-state index in [0.717, 1.165) is 42.2 Å². The minimum atomic E-state index is 0. The first-order valence-electron chi connectivity index (χ1n) is 7.56. The van der Waals surface area contributed by atoms with E-state index in [1.807, 2.05) is 0 Å². The largest absolute Gasteiger partial charge is 0.357 e. The normalized spacial score (nSPS) is 16.8. The summed E-state index contributed by atoms with van der Waals surface area (Å²) in [5.74, 6) is 1.89. The number of rotatable bonds is 3. The molecule has 1 N–H and O–H groups in total. The van der Waals surface area contributed by atoms with E-state index < -0.39 is 0 Å². The van der Waals surface area contributed by atoms with Crippen molar-refractivity contribution in [3.63, 3.8) is 0 Å². The maximum atomic E-state index is 4.77. The molecule has 1 saturated heterocycles. The second kappa shape index (κ2) is 8.92. The van der Waals surface area contributed by atoms with Crippen molar-refractivity contribution < 1.29 is 0 Å². The van der Waals surface area contributed by atoms with E-state index in [2.05, 4.69) is 42.9 Å². The number of aromatic nitrogens is 1. The van der Waals surface area contributed by atoms with Gasteiger partial charge in [0.05, 0.1) is 12.2 Å². The Kier molecular flexibility index (Phi) is 7.94. The van der Waals surface area contributed by atoms with Gasteiger partial charge in [0.2, 0.25) is 0 Å². The number of piperidine rings is 1. The van der Waals surface area contributed by atoms with Crippen molar-refractivity contribution in [2.75, 3.05) is 19.6 Å². The molecule has 0 bridgehead atoms. The molecule has 2 rings (SSSR count). The van der Waals surface area contributed by atoms with Crippen LogP contribution in [0.3, 0.4) is 0 Å². The molecule has 0 saturated carbocycles. The molecule has 4 nitrogen and oxygen atoms in total. The van der Waals surface area contributed by atoms with E-state index in [1.165, 1.54) is 17.7 Å². The SMILES string of the molecule is CCNC(=NCc1nc(C)c(C)s1)N1CCC(C)CC1.I. The van der Waals surface area contributed by atoms with E-state index in [1.54, 1.807) is 11.3 Å². The summed E-state index contributed by atoms with van der Waals surface area (Å²) in [7, 11) is 0. The van der Waals surface area contributed by atoms with Gasteiger partial charge in [-0.1, -0.05) is 6.92 Å². The van der Waals surface area contributed by atoms with E-state index in [-0.39, 0.29) is 24.0 Å². The first-order valence-corrected chi connectivity index (χ1v) is 8.38. The standard InChI is InChI=1S/C15H26N4S.HI/c1-5-16-15(19-8-6-11(2)7-9-19)17-10-14-18-12(3)13(4)20-14;/h11H,5-10H2,1-4H3,(H,16,17);1H. The minimum absolute atomic E-state index is 0. The molecule has 120 valence electrons. The lowest BCUT2D eigenvalue weighted by molar-refractivity contribution is 0.273. The van der Waals surface area contributed by atoms with Crippen LogP contribution in [0.5, 0.6) is 0 Å². The van der Waals surface area contributed by atoms with Crippen LogP contribution in [-0.4, -0.2) is 35.5 Å². The number of thiazole rings is 1. The highest BCUT2D eigenvalue weighted by Crippen LogP contribution is 2.18. The van der Waals surface area contributed by atoms with Gasteiger partial charge < -0.3 is 10.2 Å². The van der Waals surface area contributed by atoms with Gasteiger partial charge in [-0.15, -0.1) is 35.3 Å². The Labute approximate surface area is 149 Å². The molecule has 0 radical (unpaired) electrons. The predicted octanol–water partition coefficient (Wildman–Crippen LogP) is 3.58. The van der Waals surface area contributed by atoms with E-state index in [4.69, 9.17) is 4.99 Å². The van der Waals surface area contributed by atoms with Crippen LogP contribution in [0.25, 0.3) is 0 Å². The topological polar surface area (TPSA) is 40.5 Å². The van der Waals surface area contributed by atoms with Crippen LogP contribution < -0.4 is 5.32 Å². The molecule has 1 aliphatic heterocycles. The number of nitrogens with zero attached hydrogens (tertiary/aromatic N) is 3. The fraction of sp³-hybridized carbons (Fsp3) is 0.733. The highest BCUT2D eigenvalue weighted by Gasteiger charge is 2.18. The number of likely N-dealkylation sites (tertiary alicyclic amines) is 1. The van der Waals surface area contributed by atoms with Gasteiger partial charge in [-0.25, -0.2) is 9.98 Å². The lowest BCUT2D eigenvalue weighted by Crippen LogP contribution is -2.45.